The summed E-state index contributed by atoms with van der Waals surface area (Å²) in [6.07, 6.45) is -3.12. The second-order valence-electron chi connectivity index (χ2n) is 5.89. The van der Waals surface area contributed by atoms with E-state index in [-0.39, 0.29) is 12.3 Å². The predicted octanol–water partition coefficient (Wildman–Crippen LogP) is 2.11. The molecule has 8 nitrogen and oxygen atoms in total. The molecule has 0 atom stereocenters. The molecule has 0 saturated heterocycles. The Kier molecular flexibility index (Phi) is 5.48. The second kappa shape index (κ2) is 8.00. The minimum absolute atomic E-state index is 0.0767. The van der Waals surface area contributed by atoms with Gasteiger partial charge in [0.05, 0.1) is 11.8 Å². The van der Waals surface area contributed by atoms with Crippen LogP contribution in [0.3, 0.4) is 0 Å². The van der Waals surface area contributed by atoms with Gasteiger partial charge in [-0.05, 0) is 47.5 Å². The number of phenolic OH excluding ortho intramolecular Hbond substituents is 1. The maximum atomic E-state index is 12.5. The number of rotatable bonds is 5. The molecule has 11 heteroatoms. The molecule has 0 unspecified atom stereocenters. The Hall–Kier alpha value is -3.89. The van der Waals surface area contributed by atoms with Crippen molar-refractivity contribution in [3.63, 3.8) is 0 Å². The Bertz CT molecular complexity index is 1080. The highest BCUT2D eigenvalue weighted by molar-refractivity contribution is 5.91. The number of aromatic amines is 1. The third kappa shape index (κ3) is 4.89. The van der Waals surface area contributed by atoms with E-state index in [0.717, 1.165) is 16.9 Å². The van der Waals surface area contributed by atoms with Crippen LogP contribution in [-0.2, 0) is 12.7 Å². The summed E-state index contributed by atoms with van der Waals surface area (Å²) in [5.41, 5.74) is -1.02. The van der Waals surface area contributed by atoms with E-state index in [0.29, 0.717) is 11.1 Å². The van der Waals surface area contributed by atoms with Gasteiger partial charge in [0.15, 0.2) is 0 Å². The molecule has 3 N–H and O–H groups in total. The van der Waals surface area contributed by atoms with Gasteiger partial charge in [-0.2, -0.15) is 23.5 Å². The average Bonchev–Trinajstić information content (AvgIpc) is 3.06. The molecule has 1 aromatic heterocycles. The number of aromatic hydroxyl groups is 1. The van der Waals surface area contributed by atoms with Gasteiger partial charge in [0.25, 0.3) is 5.91 Å². The fourth-order valence-corrected chi connectivity index (χ4v) is 2.28. The molecule has 1 amide bonds. The summed E-state index contributed by atoms with van der Waals surface area (Å²) in [6.45, 7) is -0.0833. The van der Waals surface area contributed by atoms with Gasteiger partial charge in [-0.25, -0.2) is 0 Å². The van der Waals surface area contributed by atoms with Gasteiger partial charge in [0.1, 0.15) is 5.75 Å². The lowest BCUT2D eigenvalue weighted by atomic mass is 10.1. The molecule has 0 aliphatic rings. The van der Waals surface area contributed by atoms with Crippen LogP contribution in [0.5, 0.6) is 5.75 Å². The minimum Gasteiger partial charge on any atom is -0.508 e. The molecule has 3 rings (SSSR count). The largest absolute Gasteiger partial charge is 0.508 e. The molecule has 29 heavy (non-hydrogen) atoms. The Morgan fingerprint density at radius 3 is 2.45 bits per heavy atom. The highest BCUT2D eigenvalue weighted by Gasteiger charge is 2.29. The Labute approximate surface area is 161 Å². The van der Waals surface area contributed by atoms with E-state index in [4.69, 9.17) is 0 Å². The first-order valence-corrected chi connectivity index (χ1v) is 8.19. The van der Waals surface area contributed by atoms with Crippen molar-refractivity contribution < 1.29 is 23.1 Å². The monoisotopic (exact) mass is 405 g/mol. The summed E-state index contributed by atoms with van der Waals surface area (Å²) >= 11 is 0. The van der Waals surface area contributed by atoms with Gasteiger partial charge >= 0.3 is 11.7 Å². The summed E-state index contributed by atoms with van der Waals surface area (Å²) in [7, 11) is 0. The predicted molar refractivity (Wildman–Crippen MR) is 96.6 cm³/mol. The molecule has 1 heterocycles. The molecule has 0 saturated carbocycles. The van der Waals surface area contributed by atoms with E-state index >= 15 is 0 Å². The lowest BCUT2D eigenvalue weighted by Crippen LogP contribution is -2.29. The number of halogens is 3. The Morgan fingerprint density at radius 1 is 1.17 bits per heavy atom. The first-order valence-electron chi connectivity index (χ1n) is 8.19. The van der Waals surface area contributed by atoms with E-state index in [9.17, 15) is 27.9 Å². The number of alkyl halides is 3. The second-order valence-corrected chi connectivity index (χ2v) is 5.89. The molecule has 0 spiro atoms. The van der Waals surface area contributed by atoms with Crippen LogP contribution in [0, 0.1) is 0 Å². The Balaban J connectivity index is 1.64. The van der Waals surface area contributed by atoms with Crippen LogP contribution < -0.4 is 10.9 Å². The van der Waals surface area contributed by atoms with Crippen LogP contribution in [0.15, 0.2) is 58.4 Å². The van der Waals surface area contributed by atoms with E-state index in [2.05, 4.69) is 20.7 Å². The van der Waals surface area contributed by atoms with Gasteiger partial charge in [-0.15, -0.1) is 9.89 Å². The maximum absolute atomic E-state index is 12.5. The van der Waals surface area contributed by atoms with E-state index in [1.54, 1.807) is 12.1 Å². The standard InChI is InChI=1S/C18H14F3N5O3/c19-18(20,21)13-5-1-11(2-6-13)9-22-16(28)15-17(29)26(25-24-15)23-10-12-3-7-14(27)8-4-12/h1-8,10,25,27H,9H2,(H,22,28). The number of aromatic nitrogens is 3. The van der Waals surface area contributed by atoms with Crippen molar-refractivity contribution in [1.29, 1.82) is 0 Å². The van der Waals surface area contributed by atoms with Gasteiger partial charge in [0.2, 0.25) is 5.69 Å². The number of nitrogens with one attached hydrogen (secondary N) is 2. The van der Waals surface area contributed by atoms with Crippen molar-refractivity contribution in [3.8, 4) is 5.75 Å². The SMILES string of the molecule is O=C(NCc1ccc(C(F)(F)F)cc1)c1n[nH]n(N=Cc2ccc(O)cc2)c1=O. The number of carbonyl (C=O) groups is 1. The lowest BCUT2D eigenvalue weighted by molar-refractivity contribution is -0.137. The number of carbonyl (C=O) groups excluding carboxylic acids is 1. The lowest BCUT2D eigenvalue weighted by Gasteiger charge is -2.08. The van der Waals surface area contributed by atoms with Crippen LogP contribution in [0.4, 0.5) is 13.2 Å². The molecule has 0 fully saturated rings. The van der Waals surface area contributed by atoms with Crippen molar-refractivity contribution in [2.45, 2.75) is 12.7 Å². The van der Waals surface area contributed by atoms with Crippen molar-refractivity contribution >= 4 is 12.1 Å². The summed E-state index contributed by atoms with van der Waals surface area (Å²) in [4.78, 5) is 25.1. The van der Waals surface area contributed by atoms with Crippen molar-refractivity contribution in [1.82, 2.24) is 20.4 Å². The number of hydrogen-bond donors (Lipinski definition) is 3. The van der Waals surface area contributed by atoms with Gasteiger partial charge in [0, 0.05) is 6.54 Å². The van der Waals surface area contributed by atoms with E-state index in [1.165, 1.54) is 30.5 Å². The van der Waals surface area contributed by atoms with E-state index in [1.807, 2.05) is 0 Å². The number of hydrogen-bond acceptors (Lipinski definition) is 5. The molecule has 0 aliphatic carbocycles. The number of amides is 1. The molecular formula is C18H14F3N5O3. The van der Waals surface area contributed by atoms with Crippen molar-refractivity contribution in [2.75, 3.05) is 0 Å². The van der Waals surface area contributed by atoms with Crippen LogP contribution in [0.2, 0.25) is 0 Å². The molecule has 0 bridgehead atoms. The summed E-state index contributed by atoms with van der Waals surface area (Å²) < 4.78 is 37.6. The first kappa shape index (κ1) is 19.9. The fourth-order valence-electron chi connectivity index (χ4n) is 2.28. The summed E-state index contributed by atoms with van der Waals surface area (Å²) in [5.74, 6) is -0.724. The minimum atomic E-state index is -4.44. The highest BCUT2D eigenvalue weighted by Crippen LogP contribution is 2.29. The highest BCUT2D eigenvalue weighted by atomic mass is 19.4. The zero-order valence-electron chi connectivity index (χ0n) is 14.6. The number of H-pyrrole nitrogens is 1. The number of phenols is 1. The molecule has 0 aliphatic heterocycles. The summed E-state index contributed by atoms with van der Waals surface area (Å²) in [6, 6.07) is 10.3. The van der Waals surface area contributed by atoms with Crippen LogP contribution >= 0.6 is 0 Å². The zero-order chi connectivity index (χ0) is 21.0. The Morgan fingerprint density at radius 2 is 1.83 bits per heavy atom. The molecular weight excluding hydrogens is 391 g/mol. The van der Waals surface area contributed by atoms with Crippen LogP contribution in [0.25, 0.3) is 0 Å². The molecule has 2 aromatic carbocycles. The number of benzene rings is 2. The van der Waals surface area contributed by atoms with Gasteiger partial charge in [-0.1, -0.05) is 12.1 Å². The van der Waals surface area contributed by atoms with Crippen LogP contribution in [-0.4, -0.2) is 32.3 Å². The topological polar surface area (TPSA) is 112 Å². The zero-order valence-corrected chi connectivity index (χ0v) is 14.6. The smallest absolute Gasteiger partial charge is 0.416 e. The first-order chi connectivity index (χ1) is 13.7. The molecule has 150 valence electrons. The van der Waals surface area contributed by atoms with E-state index < -0.39 is 28.9 Å². The van der Waals surface area contributed by atoms with Gasteiger partial charge < -0.3 is 10.4 Å². The van der Waals surface area contributed by atoms with Crippen LogP contribution in [0.1, 0.15) is 27.2 Å². The molecule has 0 radical (unpaired) electrons. The molecule has 3 aromatic rings. The number of nitrogens with zero attached hydrogens (tertiary/aromatic N) is 3. The third-order valence-electron chi connectivity index (χ3n) is 3.82. The van der Waals surface area contributed by atoms with Crippen molar-refractivity contribution in [3.05, 3.63) is 81.3 Å². The average molecular weight is 405 g/mol. The maximum Gasteiger partial charge on any atom is 0.416 e. The normalized spacial score (nSPS) is 11.7. The van der Waals surface area contributed by atoms with Gasteiger partial charge in [-0.3, -0.25) is 9.59 Å². The van der Waals surface area contributed by atoms with Crippen molar-refractivity contribution in [2.24, 2.45) is 5.10 Å². The fraction of sp³-hybridized carbons (Fsp3) is 0.111. The third-order valence-corrected chi connectivity index (χ3v) is 3.82. The summed E-state index contributed by atoms with van der Waals surface area (Å²) in [5, 5.41) is 21.4. The quantitative estimate of drug-likeness (QED) is 0.565.